The molecule has 8 heteroatoms. The number of phenolic OH excluding ortho intramolecular Hbond substituents is 1. The molecule has 3 heterocycles. The number of fused-ring (bicyclic) bond motifs is 2. The lowest BCUT2D eigenvalue weighted by atomic mass is 10.0. The molecule has 0 bridgehead atoms. The number of halogens is 2. The molecule has 5 rings (SSSR count). The van der Waals surface area contributed by atoms with E-state index in [0.717, 1.165) is 29.8 Å². The number of amides is 1. The van der Waals surface area contributed by atoms with Gasteiger partial charge in [0.15, 0.2) is 11.5 Å². The minimum Gasteiger partial charge on any atom is -0.504 e. The topological polar surface area (TPSA) is 74.7 Å². The van der Waals surface area contributed by atoms with Crippen molar-refractivity contribution in [1.82, 2.24) is 15.2 Å². The van der Waals surface area contributed by atoms with Crippen LogP contribution in [0.25, 0.3) is 11.1 Å². The van der Waals surface area contributed by atoms with Crippen LogP contribution in [0.4, 0.5) is 0 Å². The number of pyridine rings is 1. The van der Waals surface area contributed by atoms with Crippen molar-refractivity contribution in [2.45, 2.75) is 6.54 Å². The normalized spacial score (nSPS) is 24.6. The molecule has 3 atom stereocenters. The van der Waals surface area contributed by atoms with Crippen molar-refractivity contribution < 1.29 is 14.6 Å². The van der Waals surface area contributed by atoms with Crippen molar-refractivity contribution >= 4 is 30.7 Å². The van der Waals surface area contributed by atoms with E-state index >= 15 is 0 Å². The van der Waals surface area contributed by atoms with Gasteiger partial charge in [-0.15, -0.1) is 24.8 Å². The van der Waals surface area contributed by atoms with Gasteiger partial charge in [-0.25, -0.2) is 0 Å². The van der Waals surface area contributed by atoms with Crippen LogP contribution in [-0.4, -0.2) is 47.1 Å². The lowest BCUT2D eigenvalue weighted by Crippen LogP contribution is -2.36. The summed E-state index contributed by atoms with van der Waals surface area (Å²) < 4.78 is 5.77. The van der Waals surface area contributed by atoms with Gasteiger partial charge in [0.05, 0.1) is 6.54 Å². The first-order valence-corrected chi connectivity index (χ1v) is 9.11. The molecule has 2 aromatic rings. The van der Waals surface area contributed by atoms with E-state index in [2.05, 4.69) is 10.3 Å². The Bertz CT molecular complexity index is 855. The predicted molar refractivity (Wildman–Crippen MR) is 110 cm³/mol. The van der Waals surface area contributed by atoms with Gasteiger partial charge in [0, 0.05) is 36.0 Å². The fraction of sp³-hybridized carbons (Fsp3) is 0.400. The Labute approximate surface area is 176 Å². The summed E-state index contributed by atoms with van der Waals surface area (Å²) in [6, 6.07) is 7.51. The maximum atomic E-state index is 12.9. The smallest absolute Gasteiger partial charge is 0.226 e. The number of carbonyl (C=O) groups is 1. The van der Waals surface area contributed by atoms with Gasteiger partial charge in [-0.1, -0.05) is 6.07 Å². The fourth-order valence-electron chi connectivity index (χ4n) is 4.38. The summed E-state index contributed by atoms with van der Waals surface area (Å²) in [5.74, 6) is 1.99. The highest BCUT2D eigenvalue weighted by atomic mass is 35.5. The summed E-state index contributed by atoms with van der Waals surface area (Å²) in [7, 11) is 0. The van der Waals surface area contributed by atoms with Gasteiger partial charge in [0.2, 0.25) is 5.91 Å². The highest BCUT2D eigenvalue weighted by Gasteiger charge is 2.57. The van der Waals surface area contributed by atoms with E-state index in [9.17, 15) is 9.90 Å². The average Bonchev–Trinajstić information content (AvgIpc) is 3.24. The first kappa shape index (κ1) is 20.7. The van der Waals surface area contributed by atoms with E-state index < -0.39 is 0 Å². The number of aromatic hydroxyl groups is 1. The van der Waals surface area contributed by atoms with Crippen molar-refractivity contribution in [3.63, 3.8) is 0 Å². The summed E-state index contributed by atoms with van der Waals surface area (Å²) in [5, 5.41) is 13.8. The van der Waals surface area contributed by atoms with E-state index in [1.165, 1.54) is 0 Å². The van der Waals surface area contributed by atoms with Crippen LogP contribution in [0.3, 0.4) is 0 Å². The number of phenols is 1. The van der Waals surface area contributed by atoms with E-state index in [0.29, 0.717) is 37.3 Å². The third-order valence-corrected chi connectivity index (χ3v) is 5.80. The van der Waals surface area contributed by atoms with Gasteiger partial charge in [0.25, 0.3) is 0 Å². The Balaban J connectivity index is 0.00000112. The van der Waals surface area contributed by atoms with Crippen molar-refractivity contribution in [2.75, 3.05) is 26.2 Å². The van der Waals surface area contributed by atoms with Gasteiger partial charge >= 0.3 is 0 Å². The number of hydrogen-bond acceptors (Lipinski definition) is 5. The molecule has 6 nitrogen and oxygen atoms in total. The van der Waals surface area contributed by atoms with Crippen LogP contribution in [0.5, 0.6) is 11.5 Å². The van der Waals surface area contributed by atoms with Crippen LogP contribution < -0.4 is 10.1 Å². The molecule has 1 aromatic carbocycles. The summed E-state index contributed by atoms with van der Waals surface area (Å²) >= 11 is 0. The average molecular weight is 424 g/mol. The molecule has 1 unspecified atom stereocenters. The molecule has 0 spiro atoms. The maximum Gasteiger partial charge on any atom is 0.226 e. The zero-order valence-electron chi connectivity index (χ0n) is 15.2. The summed E-state index contributed by atoms with van der Waals surface area (Å²) in [6.45, 7) is 3.33. The van der Waals surface area contributed by atoms with E-state index in [1.807, 2.05) is 23.1 Å². The highest BCUT2D eigenvalue weighted by Crippen LogP contribution is 2.50. The number of nitrogens with zero attached hydrogens (tertiary/aromatic N) is 2. The molecular formula is C20H23Cl2N3O3. The zero-order chi connectivity index (χ0) is 17.7. The molecule has 150 valence electrons. The van der Waals surface area contributed by atoms with E-state index in [1.54, 1.807) is 18.5 Å². The zero-order valence-corrected chi connectivity index (χ0v) is 16.8. The molecule has 2 aliphatic heterocycles. The number of nitrogens with one attached hydrogen (secondary N) is 1. The lowest BCUT2D eigenvalue weighted by Gasteiger charge is -2.21. The Morgan fingerprint density at radius 3 is 2.71 bits per heavy atom. The molecule has 1 aromatic heterocycles. The number of aromatic nitrogens is 1. The van der Waals surface area contributed by atoms with Gasteiger partial charge in [-0.2, -0.15) is 0 Å². The van der Waals surface area contributed by atoms with Crippen LogP contribution in [0.1, 0.15) is 5.56 Å². The molecule has 1 saturated heterocycles. The molecule has 28 heavy (non-hydrogen) atoms. The second kappa shape index (κ2) is 8.15. The van der Waals surface area contributed by atoms with Gasteiger partial charge in [-0.05, 0) is 48.7 Å². The van der Waals surface area contributed by atoms with Gasteiger partial charge in [0.1, 0.15) is 6.61 Å². The molecule has 1 amide bonds. The standard InChI is InChI=1S/C20H21N3O3.2ClH/c24-17-7-13(12-2-1-3-21-8-12)6-14-11-23(4-5-26-19(14)17)20(25)18-15-9-22-10-16(15)18;;/h1-3,6-8,15-16,18,22,24H,4-5,9-11H2;2*1H/t15-,16+,18?;;. The largest absolute Gasteiger partial charge is 0.504 e. The predicted octanol–water partition coefficient (Wildman–Crippen LogP) is 2.48. The summed E-state index contributed by atoms with van der Waals surface area (Å²) in [6.07, 6.45) is 3.48. The minimum atomic E-state index is 0. The van der Waals surface area contributed by atoms with Crippen molar-refractivity contribution in [3.8, 4) is 22.6 Å². The molecule has 2 fully saturated rings. The molecular weight excluding hydrogens is 401 g/mol. The molecule has 3 aliphatic rings. The quantitative estimate of drug-likeness (QED) is 0.775. The van der Waals surface area contributed by atoms with Crippen LogP contribution in [0.15, 0.2) is 36.7 Å². The third-order valence-electron chi connectivity index (χ3n) is 5.80. The Morgan fingerprint density at radius 2 is 2.00 bits per heavy atom. The van der Waals surface area contributed by atoms with Gasteiger partial charge in [-0.3, -0.25) is 9.78 Å². The fourth-order valence-corrected chi connectivity index (χ4v) is 4.38. The lowest BCUT2D eigenvalue weighted by molar-refractivity contribution is -0.134. The van der Waals surface area contributed by atoms with Crippen LogP contribution >= 0.6 is 24.8 Å². The number of ether oxygens (including phenoxy) is 1. The Morgan fingerprint density at radius 1 is 1.21 bits per heavy atom. The number of rotatable bonds is 2. The number of benzene rings is 1. The summed E-state index contributed by atoms with van der Waals surface area (Å²) in [5.41, 5.74) is 2.65. The number of hydrogen-bond donors (Lipinski definition) is 2. The summed E-state index contributed by atoms with van der Waals surface area (Å²) in [4.78, 5) is 19.0. The molecule has 1 saturated carbocycles. The van der Waals surface area contributed by atoms with Crippen LogP contribution in [0, 0.1) is 17.8 Å². The van der Waals surface area contributed by atoms with Crippen molar-refractivity contribution in [1.29, 1.82) is 0 Å². The number of piperidine rings is 1. The molecule has 2 N–H and O–H groups in total. The second-order valence-electron chi connectivity index (χ2n) is 7.35. The molecule has 1 aliphatic carbocycles. The SMILES string of the molecule is Cl.Cl.O=C(C1[C@H]2CNC[C@@H]12)N1CCOc2c(O)cc(-c3cccnc3)cc2C1. The molecule has 0 radical (unpaired) electrons. The Hall–Kier alpha value is -2.02. The van der Waals surface area contributed by atoms with Crippen molar-refractivity contribution in [3.05, 3.63) is 42.2 Å². The first-order valence-electron chi connectivity index (χ1n) is 9.11. The van der Waals surface area contributed by atoms with Crippen molar-refractivity contribution in [2.24, 2.45) is 17.8 Å². The monoisotopic (exact) mass is 423 g/mol. The van der Waals surface area contributed by atoms with Crippen LogP contribution in [0.2, 0.25) is 0 Å². The first-order chi connectivity index (χ1) is 12.7. The maximum absolute atomic E-state index is 12.9. The number of carbonyl (C=O) groups excluding carboxylic acids is 1. The second-order valence-corrected chi connectivity index (χ2v) is 7.35. The van der Waals surface area contributed by atoms with Gasteiger partial charge < -0.3 is 20.1 Å². The highest BCUT2D eigenvalue weighted by molar-refractivity contribution is 5.85. The minimum absolute atomic E-state index is 0. The Kier molecular flexibility index (Phi) is 6.03. The van der Waals surface area contributed by atoms with E-state index in [4.69, 9.17) is 4.74 Å². The third kappa shape index (κ3) is 3.52. The van der Waals surface area contributed by atoms with Crippen LogP contribution in [-0.2, 0) is 11.3 Å². The van der Waals surface area contributed by atoms with E-state index in [-0.39, 0.29) is 42.4 Å².